The Labute approximate surface area is 170 Å². The van der Waals surface area contributed by atoms with Crippen molar-refractivity contribution in [2.24, 2.45) is 17.6 Å². The summed E-state index contributed by atoms with van der Waals surface area (Å²) < 4.78 is 4.71. The fourth-order valence-electron chi connectivity index (χ4n) is 2.92. The Kier molecular flexibility index (Phi) is 7.41. The van der Waals surface area contributed by atoms with Crippen molar-refractivity contribution in [2.45, 2.75) is 38.0 Å². The summed E-state index contributed by atoms with van der Waals surface area (Å²) >= 11 is 0. The molecule has 5 N–H and O–H groups in total. The van der Waals surface area contributed by atoms with E-state index in [9.17, 15) is 14.7 Å². The summed E-state index contributed by atoms with van der Waals surface area (Å²) in [6.45, 7) is 3.17. The Morgan fingerprint density at radius 3 is 2.48 bits per heavy atom. The van der Waals surface area contributed by atoms with Gasteiger partial charge in [0.1, 0.15) is 6.04 Å². The van der Waals surface area contributed by atoms with E-state index in [1.807, 2.05) is 0 Å². The first-order chi connectivity index (χ1) is 13.7. The minimum atomic E-state index is -0.988. The van der Waals surface area contributed by atoms with Gasteiger partial charge in [0.2, 0.25) is 0 Å². The normalized spacial score (nSPS) is 21.4. The predicted molar refractivity (Wildman–Crippen MR) is 107 cm³/mol. The van der Waals surface area contributed by atoms with Gasteiger partial charge in [-0.15, -0.1) is 0 Å². The van der Waals surface area contributed by atoms with Gasteiger partial charge in [-0.25, -0.2) is 4.79 Å². The number of benzene rings is 1. The number of aliphatic hydroxyl groups is 2. The molecule has 1 amide bonds. The van der Waals surface area contributed by atoms with Crippen molar-refractivity contribution < 1.29 is 24.5 Å². The molecule has 2 rings (SSSR count). The highest BCUT2D eigenvalue weighted by Gasteiger charge is 2.38. The number of nitrogens with two attached hydrogens (primary N) is 1. The number of carbonyl (C=O) groups excluding carboxylic acids is 2. The molecule has 0 heterocycles. The molecule has 1 aliphatic carbocycles. The largest absolute Gasteiger partial charge is 0.467 e. The number of ether oxygens (including phenoxy) is 1. The number of carbonyl (C=O) groups is 2. The molecular formula is C22H26N2O5. The predicted octanol–water partition coefficient (Wildman–Crippen LogP) is 0.0395. The quantitative estimate of drug-likeness (QED) is 0.410. The van der Waals surface area contributed by atoms with Crippen molar-refractivity contribution in [1.29, 1.82) is 0 Å². The van der Waals surface area contributed by atoms with E-state index in [0.717, 1.165) is 0 Å². The molecule has 29 heavy (non-hydrogen) atoms. The highest BCUT2D eigenvalue weighted by atomic mass is 16.5. The molecule has 2 unspecified atom stereocenters. The van der Waals surface area contributed by atoms with Gasteiger partial charge in [-0.2, -0.15) is 0 Å². The molecule has 1 aromatic rings. The Balaban J connectivity index is 2.00. The first kappa shape index (κ1) is 22.4. The number of rotatable bonds is 5. The van der Waals surface area contributed by atoms with Crippen LogP contribution in [0.25, 0.3) is 0 Å². The van der Waals surface area contributed by atoms with E-state index in [0.29, 0.717) is 17.5 Å². The summed E-state index contributed by atoms with van der Waals surface area (Å²) in [7, 11) is 1.24. The SMILES string of the molecule is COC(=O)[C@@H](NC(=O)c1ccc(C#CC#CC2CC(O)[C@@H]2CO)cc1)C(C)(C)N. The zero-order chi connectivity index (χ0) is 21.6. The lowest BCUT2D eigenvalue weighted by molar-refractivity contribution is -0.144. The summed E-state index contributed by atoms with van der Waals surface area (Å²) in [5.41, 5.74) is 6.00. The maximum absolute atomic E-state index is 12.4. The van der Waals surface area contributed by atoms with E-state index in [-0.39, 0.29) is 18.4 Å². The van der Waals surface area contributed by atoms with Crippen LogP contribution < -0.4 is 11.1 Å². The van der Waals surface area contributed by atoms with Gasteiger partial charge in [-0.1, -0.05) is 11.8 Å². The van der Waals surface area contributed by atoms with Crippen LogP contribution in [0.5, 0.6) is 0 Å². The number of aliphatic hydroxyl groups excluding tert-OH is 2. The van der Waals surface area contributed by atoms with Crippen LogP contribution in [0.1, 0.15) is 36.2 Å². The summed E-state index contributed by atoms with van der Waals surface area (Å²) in [5.74, 6) is 9.99. The van der Waals surface area contributed by atoms with Gasteiger partial charge in [0, 0.05) is 35.1 Å². The molecule has 1 fully saturated rings. The van der Waals surface area contributed by atoms with Crippen LogP contribution in [0.3, 0.4) is 0 Å². The van der Waals surface area contributed by atoms with Crippen molar-refractivity contribution in [3.05, 3.63) is 35.4 Å². The van der Waals surface area contributed by atoms with Crippen molar-refractivity contribution in [3.8, 4) is 23.7 Å². The first-order valence-corrected chi connectivity index (χ1v) is 9.25. The van der Waals surface area contributed by atoms with Crippen LogP contribution in [-0.2, 0) is 9.53 Å². The number of nitrogens with one attached hydrogen (secondary N) is 1. The average molecular weight is 398 g/mol. The van der Waals surface area contributed by atoms with Crippen molar-refractivity contribution in [1.82, 2.24) is 5.32 Å². The lowest BCUT2D eigenvalue weighted by atomic mass is 9.72. The molecule has 0 saturated heterocycles. The highest BCUT2D eigenvalue weighted by Crippen LogP contribution is 2.33. The lowest BCUT2D eigenvalue weighted by Crippen LogP contribution is -2.59. The minimum Gasteiger partial charge on any atom is -0.467 e. The molecule has 0 aliphatic heterocycles. The van der Waals surface area contributed by atoms with Crippen LogP contribution in [0.4, 0.5) is 0 Å². The van der Waals surface area contributed by atoms with E-state index < -0.39 is 29.6 Å². The van der Waals surface area contributed by atoms with Crippen LogP contribution in [0, 0.1) is 35.5 Å². The molecule has 1 aromatic carbocycles. The summed E-state index contributed by atoms with van der Waals surface area (Å²) in [6, 6.07) is 5.55. The van der Waals surface area contributed by atoms with Gasteiger partial charge in [0.05, 0.1) is 13.2 Å². The maximum atomic E-state index is 12.4. The molecule has 1 aliphatic rings. The van der Waals surface area contributed by atoms with Gasteiger partial charge in [0.15, 0.2) is 0 Å². The standard InChI is InChI=1S/C22H26N2O5/c1-22(2,23)19(21(28)29-3)24-20(27)15-10-8-14(9-11-15)6-4-5-7-16-12-18(26)17(16)13-25/h8-11,16-19,25-26H,12-13,23H2,1-3H3,(H,24,27)/t16?,17-,18?,19-/m1/s1. The second kappa shape index (κ2) is 9.58. The molecule has 0 bridgehead atoms. The second-order valence-corrected chi connectivity index (χ2v) is 7.60. The van der Waals surface area contributed by atoms with Gasteiger partial charge < -0.3 is 26.0 Å². The zero-order valence-electron chi connectivity index (χ0n) is 16.7. The molecule has 154 valence electrons. The third-order valence-corrected chi connectivity index (χ3v) is 4.85. The van der Waals surface area contributed by atoms with E-state index >= 15 is 0 Å². The summed E-state index contributed by atoms with van der Waals surface area (Å²) in [4.78, 5) is 24.3. The van der Waals surface area contributed by atoms with E-state index in [4.69, 9.17) is 15.6 Å². The van der Waals surface area contributed by atoms with Gasteiger partial charge >= 0.3 is 5.97 Å². The fraction of sp³-hybridized carbons (Fsp3) is 0.455. The summed E-state index contributed by atoms with van der Waals surface area (Å²) in [6.07, 6.45) is 0.0603. The smallest absolute Gasteiger partial charge is 0.330 e. The van der Waals surface area contributed by atoms with E-state index in [1.54, 1.807) is 38.1 Å². The fourth-order valence-corrected chi connectivity index (χ4v) is 2.92. The minimum absolute atomic E-state index is 0.0371. The van der Waals surface area contributed by atoms with E-state index in [2.05, 4.69) is 29.0 Å². The third kappa shape index (κ3) is 5.82. The monoisotopic (exact) mass is 398 g/mol. The Bertz CT molecular complexity index is 865. The van der Waals surface area contributed by atoms with Crippen LogP contribution >= 0.6 is 0 Å². The van der Waals surface area contributed by atoms with Crippen molar-refractivity contribution in [2.75, 3.05) is 13.7 Å². The Hall–Kier alpha value is -2.84. The number of amides is 1. The molecule has 1 saturated carbocycles. The lowest BCUT2D eigenvalue weighted by Gasteiger charge is -2.37. The van der Waals surface area contributed by atoms with Crippen LogP contribution in [0.15, 0.2) is 24.3 Å². The molecule has 7 nitrogen and oxygen atoms in total. The molecule has 0 aromatic heterocycles. The topological polar surface area (TPSA) is 122 Å². The first-order valence-electron chi connectivity index (χ1n) is 9.25. The number of hydrogen-bond acceptors (Lipinski definition) is 6. The Morgan fingerprint density at radius 1 is 1.31 bits per heavy atom. The highest BCUT2D eigenvalue weighted by molar-refractivity contribution is 5.97. The third-order valence-electron chi connectivity index (χ3n) is 4.85. The van der Waals surface area contributed by atoms with E-state index in [1.165, 1.54) is 7.11 Å². The van der Waals surface area contributed by atoms with Crippen molar-refractivity contribution >= 4 is 11.9 Å². The molecular weight excluding hydrogens is 372 g/mol. The number of esters is 1. The zero-order valence-corrected chi connectivity index (χ0v) is 16.7. The molecule has 0 radical (unpaired) electrons. The maximum Gasteiger partial charge on any atom is 0.330 e. The number of hydrogen-bond donors (Lipinski definition) is 4. The molecule has 0 spiro atoms. The summed E-state index contributed by atoms with van der Waals surface area (Å²) in [5, 5.41) is 21.2. The van der Waals surface area contributed by atoms with Gasteiger partial charge in [-0.3, -0.25) is 4.79 Å². The van der Waals surface area contributed by atoms with Crippen LogP contribution in [-0.4, -0.2) is 53.5 Å². The van der Waals surface area contributed by atoms with Crippen molar-refractivity contribution in [3.63, 3.8) is 0 Å². The molecule has 4 atom stereocenters. The second-order valence-electron chi connectivity index (χ2n) is 7.60. The van der Waals surface area contributed by atoms with Gasteiger partial charge in [-0.05, 0) is 56.4 Å². The number of methoxy groups -OCH3 is 1. The Morgan fingerprint density at radius 2 is 1.97 bits per heavy atom. The van der Waals surface area contributed by atoms with Gasteiger partial charge in [0.25, 0.3) is 5.91 Å². The average Bonchev–Trinajstić information content (AvgIpc) is 2.67. The molecule has 7 heteroatoms. The van der Waals surface area contributed by atoms with Crippen LogP contribution in [0.2, 0.25) is 0 Å².